The molecule has 2 saturated heterocycles. The highest BCUT2D eigenvalue weighted by atomic mass is 16.6. The first kappa shape index (κ1) is 11.7. The molecule has 2 fully saturated rings. The molecule has 2 N–H and O–H groups in total. The lowest BCUT2D eigenvalue weighted by molar-refractivity contribution is -0.0537. The van der Waals surface area contributed by atoms with Crippen LogP contribution < -0.4 is 5.73 Å². The minimum absolute atomic E-state index is 0.0702. The van der Waals surface area contributed by atoms with Crippen LogP contribution in [0.5, 0.6) is 0 Å². The van der Waals surface area contributed by atoms with Gasteiger partial charge in [0.05, 0.1) is 19.3 Å². The molecule has 2 rings (SSSR count). The molecule has 0 aromatic rings. The molecule has 2 heterocycles. The van der Waals surface area contributed by atoms with Crippen molar-refractivity contribution < 1.29 is 14.3 Å². The molecule has 16 heavy (non-hydrogen) atoms. The second-order valence-electron chi connectivity index (χ2n) is 4.97. The van der Waals surface area contributed by atoms with Gasteiger partial charge in [-0.05, 0) is 13.8 Å². The molecule has 0 aromatic carbocycles. The molecule has 0 radical (unpaired) electrons. The van der Waals surface area contributed by atoms with E-state index < -0.39 is 0 Å². The monoisotopic (exact) mass is 228 g/mol. The summed E-state index contributed by atoms with van der Waals surface area (Å²) in [6.45, 7) is 6.34. The Morgan fingerprint density at radius 3 is 2.44 bits per heavy atom. The Hall–Kier alpha value is -0.810. The molecule has 0 saturated carbocycles. The van der Waals surface area contributed by atoms with Crippen molar-refractivity contribution in [1.82, 2.24) is 4.90 Å². The Balaban J connectivity index is 1.96. The Labute approximate surface area is 95.9 Å². The van der Waals surface area contributed by atoms with Crippen LogP contribution in [-0.4, -0.2) is 49.4 Å². The number of carbonyl (C=O) groups excluding carboxylic acids is 1. The number of hydrogen-bond donors (Lipinski definition) is 1. The van der Waals surface area contributed by atoms with E-state index in [1.54, 1.807) is 4.90 Å². The van der Waals surface area contributed by atoms with Crippen LogP contribution in [0.4, 0.5) is 4.79 Å². The van der Waals surface area contributed by atoms with Crippen molar-refractivity contribution in [3.05, 3.63) is 0 Å². The zero-order valence-corrected chi connectivity index (χ0v) is 9.89. The zero-order valence-electron chi connectivity index (χ0n) is 9.89. The van der Waals surface area contributed by atoms with E-state index in [2.05, 4.69) is 0 Å². The molecule has 2 bridgehead atoms. The van der Waals surface area contributed by atoms with Crippen LogP contribution in [0.3, 0.4) is 0 Å². The lowest BCUT2D eigenvalue weighted by Crippen LogP contribution is -2.60. The number of fused-ring (bicyclic) bond motifs is 2. The highest BCUT2D eigenvalue weighted by Gasteiger charge is 2.40. The van der Waals surface area contributed by atoms with Crippen molar-refractivity contribution in [2.24, 2.45) is 17.6 Å². The predicted octanol–water partition coefficient (Wildman–Crippen LogP) is 0.437. The van der Waals surface area contributed by atoms with Gasteiger partial charge >= 0.3 is 6.09 Å². The number of piperidine rings is 1. The quantitative estimate of drug-likeness (QED) is 0.707. The number of ether oxygens (including phenoxy) is 2. The van der Waals surface area contributed by atoms with Gasteiger partial charge in [0, 0.05) is 31.0 Å². The van der Waals surface area contributed by atoms with Crippen molar-refractivity contribution in [2.45, 2.75) is 26.0 Å². The second kappa shape index (κ2) is 4.59. The van der Waals surface area contributed by atoms with E-state index >= 15 is 0 Å². The average Bonchev–Trinajstić information content (AvgIpc) is 2.15. The first-order chi connectivity index (χ1) is 7.58. The number of nitrogens with two attached hydrogens (primary N) is 1. The topological polar surface area (TPSA) is 64.8 Å². The molecule has 2 unspecified atom stereocenters. The Kier molecular flexibility index (Phi) is 3.35. The summed E-state index contributed by atoms with van der Waals surface area (Å²) in [5.74, 6) is 0.513. The number of nitrogens with zero attached hydrogens (tertiary/aromatic N) is 1. The maximum absolute atomic E-state index is 11.8. The Morgan fingerprint density at radius 1 is 1.38 bits per heavy atom. The molecule has 1 amide bonds. The summed E-state index contributed by atoms with van der Waals surface area (Å²) < 4.78 is 10.7. The van der Waals surface area contributed by atoms with Gasteiger partial charge < -0.3 is 20.1 Å². The maximum atomic E-state index is 11.8. The molecule has 92 valence electrons. The summed E-state index contributed by atoms with van der Waals surface area (Å²) in [7, 11) is 0. The Bertz CT molecular complexity index is 256. The van der Waals surface area contributed by atoms with Crippen molar-refractivity contribution in [3.8, 4) is 0 Å². The van der Waals surface area contributed by atoms with E-state index in [0.29, 0.717) is 26.3 Å². The largest absolute Gasteiger partial charge is 0.447 e. The van der Waals surface area contributed by atoms with Gasteiger partial charge in [0.1, 0.15) is 0 Å². The molecule has 0 aromatic heterocycles. The fraction of sp³-hybridized carbons (Fsp3) is 0.909. The first-order valence-corrected chi connectivity index (χ1v) is 5.87. The number of carbonyl (C=O) groups is 1. The summed E-state index contributed by atoms with van der Waals surface area (Å²) in [6.07, 6.45) is -0.294. The standard InChI is InChI=1S/C11H20N2O3/c1-7(2)16-11(14)13-3-8-5-15-6-9(4-13)10(8)12/h7-10H,3-6,12H2,1-2H3. The van der Waals surface area contributed by atoms with Crippen molar-refractivity contribution in [3.63, 3.8) is 0 Å². The van der Waals surface area contributed by atoms with Gasteiger partial charge in [-0.3, -0.25) is 0 Å². The zero-order chi connectivity index (χ0) is 11.7. The summed E-state index contributed by atoms with van der Waals surface area (Å²) in [6, 6.07) is 0.164. The smallest absolute Gasteiger partial charge is 0.410 e. The molecule has 0 spiro atoms. The van der Waals surface area contributed by atoms with E-state index in [1.165, 1.54) is 0 Å². The molecule has 5 heteroatoms. The average molecular weight is 228 g/mol. The highest BCUT2D eigenvalue weighted by Crippen LogP contribution is 2.26. The molecule has 2 atom stereocenters. The van der Waals surface area contributed by atoms with Crippen LogP contribution in [0.25, 0.3) is 0 Å². The van der Waals surface area contributed by atoms with Gasteiger partial charge in [-0.25, -0.2) is 4.79 Å². The first-order valence-electron chi connectivity index (χ1n) is 5.87. The lowest BCUT2D eigenvalue weighted by atomic mass is 9.83. The normalized spacial score (nSPS) is 34.0. The minimum Gasteiger partial charge on any atom is -0.447 e. The SMILES string of the molecule is CC(C)OC(=O)N1CC2COCC(C1)C2N. The van der Waals surface area contributed by atoms with Crippen molar-refractivity contribution in [2.75, 3.05) is 26.3 Å². The van der Waals surface area contributed by atoms with Gasteiger partial charge in [-0.15, -0.1) is 0 Å². The number of amides is 1. The van der Waals surface area contributed by atoms with Gasteiger partial charge in [-0.2, -0.15) is 0 Å². The second-order valence-corrected chi connectivity index (χ2v) is 4.97. The van der Waals surface area contributed by atoms with Crippen molar-refractivity contribution in [1.29, 1.82) is 0 Å². The summed E-state index contributed by atoms with van der Waals surface area (Å²) in [5.41, 5.74) is 6.09. The van der Waals surface area contributed by atoms with E-state index in [1.807, 2.05) is 13.8 Å². The van der Waals surface area contributed by atoms with Crippen LogP contribution in [0.2, 0.25) is 0 Å². The maximum Gasteiger partial charge on any atom is 0.410 e. The summed E-state index contributed by atoms with van der Waals surface area (Å²) in [5, 5.41) is 0. The fourth-order valence-electron chi connectivity index (χ4n) is 2.39. The van der Waals surface area contributed by atoms with E-state index in [4.69, 9.17) is 15.2 Å². The Morgan fingerprint density at radius 2 is 1.94 bits per heavy atom. The molecule has 0 aliphatic carbocycles. The third-order valence-electron chi connectivity index (χ3n) is 3.26. The van der Waals surface area contributed by atoms with Crippen LogP contribution in [0.15, 0.2) is 0 Å². The third kappa shape index (κ3) is 2.30. The van der Waals surface area contributed by atoms with Gasteiger partial charge in [0.2, 0.25) is 0 Å². The van der Waals surface area contributed by atoms with E-state index in [0.717, 1.165) is 0 Å². The molecule has 5 nitrogen and oxygen atoms in total. The summed E-state index contributed by atoms with van der Waals surface area (Å²) >= 11 is 0. The van der Waals surface area contributed by atoms with E-state index in [9.17, 15) is 4.79 Å². The molecular weight excluding hydrogens is 208 g/mol. The predicted molar refractivity (Wildman–Crippen MR) is 59.0 cm³/mol. The molecule has 2 aliphatic rings. The van der Waals surface area contributed by atoms with Crippen molar-refractivity contribution >= 4 is 6.09 Å². The van der Waals surface area contributed by atoms with Crippen LogP contribution in [0, 0.1) is 11.8 Å². The van der Waals surface area contributed by atoms with Gasteiger partial charge in [0.15, 0.2) is 0 Å². The highest BCUT2D eigenvalue weighted by molar-refractivity contribution is 5.68. The van der Waals surface area contributed by atoms with Crippen LogP contribution >= 0.6 is 0 Å². The third-order valence-corrected chi connectivity index (χ3v) is 3.26. The van der Waals surface area contributed by atoms with Crippen LogP contribution in [-0.2, 0) is 9.47 Å². The molecule has 2 aliphatic heterocycles. The van der Waals surface area contributed by atoms with E-state index in [-0.39, 0.29) is 30.1 Å². The van der Waals surface area contributed by atoms with Crippen LogP contribution in [0.1, 0.15) is 13.8 Å². The number of likely N-dealkylation sites (tertiary alicyclic amines) is 1. The lowest BCUT2D eigenvalue weighted by Gasteiger charge is -2.45. The minimum atomic E-state index is -0.223. The van der Waals surface area contributed by atoms with Gasteiger partial charge in [-0.1, -0.05) is 0 Å². The molecular formula is C11H20N2O3. The number of hydrogen-bond acceptors (Lipinski definition) is 4. The fourth-order valence-corrected chi connectivity index (χ4v) is 2.39. The van der Waals surface area contributed by atoms with Gasteiger partial charge in [0.25, 0.3) is 0 Å². The summed E-state index contributed by atoms with van der Waals surface area (Å²) in [4.78, 5) is 13.5. The number of rotatable bonds is 1.